The van der Waals surface area contributed by atoms with E-state index in [0.29, 0.717) is 16.0 Å². The number of ether oxygens (including phenoxy) is 2. The van der Waals surface area contributed by atoms with E-state index in [2.05, 4.69) is 20.0 Å². The molecule has 1 aliphatic rings. The summed E-state index contributed by atoms with van der Waals surface area (Å²) >= 11 is 5.97. The first-order chi connectivity index (χ1) is 23.8. The number of nitrogens with one attached hydrogen (secondary N) is 2. The van der Waals surface area contributed by atoms with E-state index in [1.165, 1.54) is 17.8 Å². The van der Waals surface area contributed by atoms with Crippen molar-refractivity contribution in [3.8, 4) is 5.75 Å². The van der Waals surface area contributed by atoms with Gasteiger partial charge in [-0.05, 0) is 42.0 Å². The van der Waals surface area contributed by atoms with Crippen molar-refractivity contribution in [1.29, 1.82) is 0 Å². The van der Waals surface area contributed by atoms with Crippen LogP contribution in [0, 0.1) is 5.92 Å². The maximum atomic E-state index is 14.7. The number of aromatic nitrogens is 4. The van der Waals surface area contributed by atoms with Crippen LogP contribution in [-0.4, -0.2) is 66.2 Å². The van der Waals surface area contributed by atoms with Crippen molar-refractivity contribution in [3.63, 3.8) is 0 Å². The third kappa shape index (κ3) is 7.25. The number of hydrogen-bond acceptors (Lipinski definition) is 12. The van der Waals surface area contributed by atoms with Crippen molar-refractivity contribution in [2.75, 3.05) is 12.3 Å². The Kier molecular flexibility index (Phi) is 10.0. The number of hydrogen-bond donors (Lipinski definition) is 5. The number of carbonyl (C=O) groups is 1. The van der Waals surface area contributed by atoms with Crippen molar-refractivity contribution in [2.24, 2.45) is 5.92 Å². The topological polar surface area (TPSA) is 213 Å². The SMILES string of the molecule is CC(C)[C@H](NP(=O)(OC[C@H]1O[C@@H](n2cnc3c(=O)[nH]c(N)nc32)[C@](C)(O)[C@@H]1O)Oc1cccc2ccccc12)C(=O)OCc1ccc(Cl)cc1. The molecular formula is C33H36ClN6O9P. The first-order valence-electron chi connectivity index (χ1n) is 15.6. The average molecular weight is 727 g/mol. The molecule has 6 atom stereocenters. The second-order valence-electron chi connectivity index (χ2n) is 12.4. The van der Waals surface area contributed by atoms with Crippen LogP contribution in [0.25, 0.3) is 21.9 Å². The molecule has 6 rings (SSSR count). The number of imidazole rings is 1. The Morgan fingerprint density at radius 2 is 1.90 bits per heavy atom. The minimum atomic E-state index is -4.50. The number of nitrogen functional groups attached to an aromatic ring is 1. The number of nitrogens with zero attached hydrogens (tertiary/aromatic N) is 3. The third-order valence-corrected chi connectivity index (χ3v) is 10.1. The monoisotopic (exact) mass is 726 g/mol. The fraction of sp³-hybridized carbons (Fsp3) is 0.333. The van der Waals surface area contributed by atoms with Crippen LogP contribution in [0.3, 0.4) is 0 Å². The van der Waals surface area contributed by atoms with Gasteiger partial charge < -0.3 is 29.9 Å². The molecule has 264 valence electrons. The number of benzene rings is 3. The van der Waals surface area contributed by atoms with Crippen LogP contribution in [0.5, 0.6) is 5.75 Å². The largest absolute Gasteiger partial charge is 0.460 e. The summed E-state index contributed by atoms with van der Waals surface area (Å²) in [6.07, 6.45) is -2.98. The van der Waals surface area contributed by atoms with Crippen LogP contribution in [0.2, 0.25) is 5.02 Å². The molecular weight excluding hydrogens is 691 g/mol. The quantitative estimate of drug-likeness (QED) is 0.0907. The minimum Gasteiger partial charge on any atom is -0.460 e. The number of anilines is 1. The van der Waals surface area contributed by atoms with Gasteiger partial charge in [0.1, 0.15) is 36.2 Å². The Bertz CT molecular complexity index is 2120. The lowest BCUT2D eigenvalue weighted by molar-refractivity contribution is -0.148. The number of nitrogens with two attached hydrogens (primary N) is 1. The summed E-state index contributed by atoms with van der Waals surface area (Å²) in [4.78, 5) is 36.3. The molecule has 1 unspecified atom stereocenters. The molecule has 0 saturated carbocycles. The second-order valence-corrected chi connectivity index (χ2v) is 14.5. The van der Waals surface area contributed by atoms with Crippen LogP contribution in [0.1, 0.15) is 32.6 Å². The maximum Gasteiger partial charge on any atom is 0.459 e. The zero-order valence-electron chi connectivity index (χ0n) is 27.2. The lowest BCUT2D eigenvalue weighted by atomic mass is 9.96. The van der Waals surface area contributed by atoms with Crippen LogP contribution < -0.4 is 20.9 Å². The molecule has 15 nitrogen and oxygen atoms in total. The molecule has 2 aromatic heterocycles. The molecule has 0 spiro atoms. The van der Waals surface area contributed by atoms with Crippen molar-refractivity contribution >= 4 is 53.2 Å². The van der Waals surface area contributed by atoms with Crippen molar-refractivity contribution in [1.82, 2.24) is 24.6 Å². The fourth-order valence-electron chi connectivity index (χ4n) is 5.63. The predicted octanol–water partition coefficient (Wildman–Crippen LogP) is 4.08. The van der Waals surface area contributed by atoms with Crippen LogP contribution in [0.15, 0.2) is 77.9 Å². The van der Waals surface area contributed by atoms with E-state index in [9.17, 15) is 24.4 Å². The zero-order valence-corrected chi connectivity index (χ0v) is 28.9. The molecule has 6 N–H and O–H groups in total. The second kappa shape index (κ2) is 14.1. The van der Waals surface area contributed by atoms with E-state index in [-0.39, 0.29) is 29.5 Å². The van der Waals surface area contributed by atoms with E-state index in [0.717, 1.165) is 5.39 Å². The van der Waals surface area contributed by atoms with Crippen LogP contribution >= 0.6 is 19.3 Å². The van der Waals surface area contributed by atoms with Crippen LogP contribution in [-0.2, 0) is 30.0 Å². The van der Waals surface area contributed by atoms with Gasteiger partial charge in [-0.1, -0.05) is 74.0 Å². The highest BCUT2D eigenvalue weighted by Gasteiger charge is 2.54. The van der Waals surface area contributed by atoms with E-state index in [4.69, 9.17) is 35.9 Å². The summed E-state index contributed by atoms with van der Waals surface area (Å²) in [5.41, 5.74) is 3.80. The predicted molar refractivity (Wildman–Crippen MR) is 184 cm³/mol. The van der Waals surface area contributed by atoms with Gasteiger partial charge in [-0.25, -0.2) is 9.55 Å². The number of H-pyrrole nitrogens is 1. The summed E-state index contributed by atoms with van der Waals surface area (Å²) in [6, 6.07) is 18.1. The van der Waals surface area contributed by atoms with Crippen molar-refractivity contribution in [3.05, 3.63) is 94.0 Å². The normalized spacial score (nSPS) is 22.5. The average Bonchev–Trinajstić information content (AvgIpc) is 3.59. The molecule has 0 aliphatic carbocycles. The lowest BCUT2D eigenvalue weighted by Gasteiger charge is -2.28. The van der Waals surface area contributed by atoms with Gasteiger partial charge in [0.15, 0.2) is 17.4 Å². The van der Waals surface area contributed by atoms with Gasteiger partial charge in [0, 0.05) is 10.4 Å². The zero-order chi connectivity index (χ0) is 35.8. The number of aromatic amines is 1. The number of fused-ring (bicyclic) bond motifs is 2. The number of carbonyl (C=O) groups excluding carboxylic acids is 1. The van der Waals surface area contributed by atoms with Gasteiger partial charge in [-0.3, -0.25) is 23.7 Å². The Morgan fingerprint density at radius 1 is 1.18 bits per heavy atom. The molecule has 50 heavy (non-hydrogen) atoms. The molecule has 3 aromatic carbocycles. The Labute approximate surface area is 290 Å². The molecule has 1 fully saturated rings. The number of aliphatic hydroxyl groups is 2. The van der Waals surface area contributed by atoms with Gasteiger partial charge in [0.2, 0.25) is 5.95 Å². The van der Waals surface area contributed by atoms with Gasteiger partial charge in [0.05, 0.1) is 12.9 Å². The number of halogens is 1. The highest BCUT2D eigenvalue weighted by molar-refractivity contribution is 7.52. The molecule has 5 aromatic rings. The van der Waals surface area contributed by atoms with Gasteiger partial charge in [-0.2, -0.15) is 10.1 Å². The first-order valence-corrected chi connectivity index (χ1v) is 17.6. The van der Waals surface area contributed by atoms with E-state index < -0.39 is 61.9 Å². The Morgan fingerprint density at radius 3 is 2.64 bits per heavy atom. The summed E-state index contributed by atoms with van der Waals surface area (Å²) in [6.45, 7) is 4.15. The highest BCUT2D eigenvalue weighted by Crippen LogP contribution is 2.49. The lowest BCUT2D eigenvalue weighted by Crippen LogP contribution is -2.45. The molecule has 0 bridgehead atoms. The summed E-state index contributed by atoms with van der Waals surface area (Å²) in [5, 5.41) is 27.3. The molecule has 0 amide bonds. The third-order valence-electron chi connectivity index (χ3n) is 8.35. The molecule has 17 heteroatoms. The van der Waals surface area contributed by atoms with Crippen molar-refractivity contribution in [2.45, 2.75) is 57.5 Å². The maximum absolute atomic E-state index is 14.7. The summed E-state index contributed by atoms with van der Waals surface area (Å²) in [5.74, 6) is -1.15. The number of esters is 1. The van der Waals surface area contributed by atoms with E-state index in [1.807, 2.05) is 18.2 Å². The smallest absolute Gasteiger partial charge is 0.459 e. The minimum absolute atomic E-state index is 0.00816. The van der Waals surface area contributed by atoms with Gasteiger partial charge in [0.25, 0.3) is 5.56 Å². The Balaban J connectivity index is 1.27. The fourth-order valence-corrected chi connectivity index (χ4v) is 7.44. The highest BCUT2D eigenvalue weighted by atomic mass is 35.5. The summed E-state index contributed by atoms with van der Waals surface area (Å²) < 4.78 is 39.5. The van der Waals surface area contributed by atoms with Gasteiger partial charge >= 0.3 is 13.7 Å². The standard InChI is InChI=1S/C33H36ClN6O9P/c1-18(2)25(30(43)46-15-19-11-13-21(34)14-12-19)39-50(45,49-23-10-6-8-20-7-4-5-9-22(20)23)47-16-24-27(41)33(3,44)31(48-24)40-17-36-26-28(40)37-32(35)38-29(26)42/h4-14,17-18,24-25,27,31,41,44H,15-16H2,1-3H3,(H,39,45)(H3,35,37,38,42)/t24-,25+,27-,31-,33-,50?/m1/s1. The Hall–Kier alpha value is -4.34. The van der Waals surface area contributed by atoms with Crippen molar-refractivity contribution < 1.29 is 38.1 Å². The molecule has 1 aliphatic heterocycles. The summed E-state index contributed by atoms with van der Waals surface area (Å²) in [7, 11) is -4.50. The number of rotatable bonds is 12. The van der Waals surface area contributed by atoms with Crippen LogP contribution in [0.4, 0.5) is 5.95 Å². The molecule has 0 radical (unpaired) electrons. The number of aliphatic hydroxyl groups excluding tert-OH is 1. The van der Waals surface area contributed by atoms with E-state index >= 15 is 0 Å². The van der Waals surface area contributed by atoms with Gasteiger partial charge in [-0.15, -0.1) is 0 Å². The first kappa shape index (κ1) is 35.5. The van der Waals surface area contributed by atoms with E-state index in [1.54, 1.807) is 62.4 Å². The molecule has 3 heterocycles. The molecule has 1 saturated heterocycles.